The number of nitrogens with one attached hydrogen (secondary N) is 2. The largest absolute Gasteiger partial charge is 0.459 e. The van der Waals surface area contributed by atoms with E-state index in [9.17, 15) is 13.2 Å². The normalized spacial score (nSPS) is 22.1. The number of esters is 1. The number of carbonyl (C=O) groups is 1. The van der Waals surface area contributed by atoms with Gasteiger partial charge in [0.25, 0.3) is 10.0 Å². The monoisotopic (exact) mass is 529 g/mol. The number of hydrogen-bond donors (Lipinski definition) is 2. The van der Waals surface area contributed by atoms with Crippen LogP contribution in [0, 0.1) is 0 Å². The molecule has 0 radical (unpaired) electrons. The smallest absolute Gasteiger partial charge is 0.323 e. The highest BCUT2D eigenvalue weighted by atomic mass is 79.9. The molecule has 2 aromatic rings. The number of carbonyl (C=O) groups excluding carboxylic acids is 1. The van der Waals surface area contributed by atoms with Crippen LogP contribution in [0.5, 0.6) is 0 Å². The first kappa shape index (κ1) is 24.3. The lowest BCUT2D eigenvalue weighted by molar-refractivity contribution is -0.159. The van der Waals surface area contributed by atoms with Gasteiger partial charge in [-0.05, 0) is 81.3 Å². The van der Waals surface area contributed by atoms with Gasteiger partial charge in [-0.1, -0.05) is 24.3 Å². The molecule has 0 amide bonds. The average Bonchev–Trinajstić information content (AvgIpc) is 3.02. The molecule has 1 aromatic carbocycles. The Morgan fingerprint density at radius 3 is 2.52 bits per heavy atom. The third kappa shape index (κ3) is 5.37. The lowest BCUT2D eigenvalue weighted by atomic mass is 9.99. The van der Waals surface area contributed by atoms with Crippen molar-refractivity contribution < 1.29 is 17.9 Å². The highest BCUT2D eigenvalue weighted by Gasteiger charge is 2.46. The summed E-state index contributed by atoms with van der Waals surface area (Å²) in [4.78, 5) is 14.7. The maximum Gasteiger partial charge on any atom is 0.323 e. The fraction of sp³-hybridized carbons (Fsp3) is 0.476. The van der Waals surface area contributed by atoms with Crippen LogP contribution in [0.3, 0.4) is 0 Å². The van der Waals surface area contributed by atoms with Crippen LogP contribution < -0.4 is 10.0 Å². The molecule has 0 spiro atoms. The van der Waals surface area contributed by atoms with Gasteiger partial charge in [0.2, 0.25) is 0 Å². The quantitative estimate of drug-likeness (QED) is 0.455. The number of hydrogen-bond acceptors (Lipinski definition) is 7. The van der Waals surface area contributed by atoms with Crippen LogP contribution in [0.25, 0.3) is 0 Å². The summed E-state index contributed by atoms with van der Waals surface area (Å²) in [5, 5.41) is 3.29. The molecule has 3 rings (SSSR count). The molecular formula is C21H28BrN3O4S2. The molecule has 0 saturated heterocycles. The predicted octanol–water partition coefficient (Wildman–Crippen LogP) is 3.41. The van der Waals surface area contributed by atoms with Crippen molar-refractivity contribution >= 4 is 43.3 Å². The Balaban J connectivity index is 2.10. The van der Waals surface area contributed by atoms with Crippen LogP contribution in [0.1, 0.15) is 38.3 Å². The first-order chi connectivity index (χ1) is 14.3. The van der Waals surface area contributed by atoms with Gasteiger partial charge >= 0.3 is 5.97 Å². The molecule has 2 unspecified atom stereocenters. The Hall–Kier alpha value is -1.30. The fourth-order valence-electron chi connectivity index (χ4n) is 3.58. The number of halogens is 1. The molecule has 2 atom stereocenters. The molecule has 1 aromatic heterocycles. The number of fused-ring (bicyclic) bond motifs is 1. The molecule has 0 bridgehead atoms. The molecule has 10 heteroatoms. The maximum atomic E-state index is 13.3. The predicted molar refractivity (Wildman–Crippen MR) is 125 cm³/mol. The number of thiophene rings is 1. The Bertz CT molecular complexity index is 1060. The van der Waals surface area contributed by atoms with Crippen molar-refractivity contribution in [3.05, 3.63) is 51.3 Å². The van der Waals surface area contributed by atoms with E-state index in [-0.39, 0.29) is 4.21 Å². The van der Waals surface area contributed by atoms with Gasteiger partial charge in [-0.15, -0.1) is 11.3 Å². The highest BCUT2D eigenvalue weighted by molar-refractivity contribution is 9.11. The zero-order valence-electron chi connectivity index (χ0n) is 18.2. The van der Waals surface area contributed by atoms with Crippen LogP contribution in [0.15, 0.2) is 44.4 Å². The number of aryl methyl sites for hydroxylation is 1. The maximum absolute atomic E-state index is 13.3. The van der Waals surface area contributed by atoms with Gasteiger partial charge in [-0.25, -0.2) is 8.42 Å². The Morgan fingerprint density at radius 2 is 1.94 bits per heavy atom. The third-order valence-corrected chi connectivity index (χ3v) is 8.51. The molecule has 0 saturated carbocycles. The van der Waals surface area contributed by atoms with E-state index < -0.39 is 33.4 Å². The number of benzene rings is 1. The molecule has 31 heavy (non-hydrogen) atoms. The third-order valence-electron chi connectivity index (χ3n) is 4.95. The van der Waals surface area contributed by atoms with E-state index in [1.807, 2.05) is 45.0 Å². The molecule has 1 aliphatic heterocycles. The van der Waals surface area contributed by atoms with Crippen LogP contribution in [0.4, 0.5) is 0 Å². The summed E-state index contributed by atoms with van der Waals surface area (Å²) < 4.78 is 36.1. The van der Waals surface area contributed by atoms with Crippen molar-refractivity contribution in [3.63, 3.8) is 0 Å². The summed E-state index contributed by atoms with van der Waals surface area (Å²) in [5.74, 6) is -1.76. The Kier molecular flexibility index (Phi) is 7.00. The minimum absolute atomic E-state index is 0.179. The standard InChI is InChI=1S/C21H28BrN3O4S2/c1-20(2,3)29-19(26)16-11-10-14-8-6-7-9-15(14)21(23-16,25(4)5)24-31(27,28)18-13-12-17(22)30-18/h6-9,12-13,16,23-24H,10-11H2,1-5H3. The second-order valence-corrected chi connectivity index (χ2v) is 13.1. The first-order valence-corrected chi connectivity index (χ1v) is 13.0. The van der Waals surface area contributed by atoms with E-state index in [2.05, 4.69) is 26.0 Å². The summed E-state index contributed by atoms with van der Waals surface area (Å²) >= 11 is 4.45. The van der Waals surface area contributed by atoms with Crippen LogP contribution in [0.2, 0.25) is 0 Å². The van der Waals surface area contributed by atoms with E-state index in [1.165, 1.54) is 0 Å². The van der Waals surface area contributed by atoms with E-state index >= 15 is 0 Å². The van der Waals surface area contributed by atoms with Crippen LogP contribution >= 0.6 is 27.3 Å². The summed E-state index contributed by atoms with van der Waals surface area (Å²) in [7, 11) is -0.360. The van der Waals surface area contributed by atoms with Crippen LogP contribution in [-0.2, 0) is 31.8 Å². The van der Waals surface area contributed by atoms with Gasteiger partial charge in [-0.2, -0.15) is 4.72 Å². The van der Waals surface area contributed by atoms with Crippen molar-refractivity contribution in [3.8, 4) is 0 Å². The second-order valence-electron chi connectivity index (χ2n) is 8.70. The zero-order chi connectivity index (χ0) is 23.0. The van der Waals surface area contributed by atoms with Gasteiger partial charge in [0.15, 0.2) is 5.79 Å². The van der Waals surface area contributed by atoms with Crippen molar-refractivity contribution in [1.82, 2.24) is 14.9 Å². The van der Waals surface area contributed by atoms with E-state index in [0.29, 0.717) is 16.6 Å². The van der Waals surface area contributed by atoms with Gasteiger partial charge in [0.1, 0.15) is 15.9 Å². The van der Waals surface area contributed by atoms with Gasteiger partial charge in [0.05, 0.1) is 3.79 Å². The van der Waals surface area contributed by atoms with Crippen molar-refractivity contribution in [2.24, 2.45) is 0 Å². The molecule has 2 heterocycles. The lowest BCUT2D eigenvalue weighted by Crippen LogP contribution is -2.67. The fourth-order valence-corrected chi connectivity index (χ4v) is 6.94. The highest BCUT2D eigenvalue weighted by Crippen LogP contribution is 2.34. The van der Waals surface area contributed by atoms with E-state index in [4.69, 9.17) is 4.74 Å². The molecular weight excluding hydrogens is 502 g/mol. The first-order valence-electron chi connectivity index (χ1n) is 9.90. The number of rotatable bonds is 5. The summed E-state index contributed by atoms with van der Waals surface area (Å²) in [5.41, 5.74) is 1.07. The minimum atomic E-state index is -3.90. The van der Waals surface area contributed by atoms with Crippen molar-refractivity contribution in [1.29, 1.82) is 0 Å². The topological polar surface area (TPSA) is 87.7 Å². The molecule has 1 aliphatic rings. The van der Waals surface area contributed by atoms with E-state index in [0.717, 1.165) is 22.5 Å². The number of ether oxygens (including phenoxy) is 1. The zero-order valence-corrected chi connectivity index (χ0v) is 21.4. The van der Waals surface area contributed by atoms with Gasteiger partial charge in [0, 0.05) is 5.56 Å². The van der Waals surface area contributed by atoms with E-state index in [1.54, 1.807) is 31.1 Å². The molecule has 7 nitrogen and oxygen atoms in total. The lowest BCUT2D eigenvalue weighted by Gasteiger charge is -2.42. The van der Waals surface area contributed by atoms with Crippen molar-refractivity contribution in [2.75, 3.05) is 14.1 Å². The molecule has 0 fully saturated rings. The Morgan fingerprint density at radius 1 is 1.26 bits per heavy atom. The molecule has 170 valence electrons. The summed E-state index contributed by atoms with van der Waals surface area (Å²) in [6, 6.07) is 10.2. The molecule has 2 N–H and O–H groups in total. The second kappa shape index (κ2) is 8.92. The average molecular weight is 531 g/mol. The number of sulfonamides is 1. The van der Waals surface area contributed by atoms with Crippen molar-refractivity contribution in [2.45, 2.75) is 55.3 Å². The molecule has 0 aliphatic carbocycles. The van der Waals surface area contributed by atoms with Gasteiger partial charge in [-0.3, -0.25) is 15.0 Å². The van der Waals surface area contributed by atoms with Crippen LogP contribution in [-0.4, -0.2) is 45.0 Å². The summed E-state index contributed by atoms with van der Waals surface area (Å²) in [6.45, 7) is 5.44. The number of nitrogens with zero attached hydrogens (tertiary/aromatic N) is 1. The Labute approximate surface area is 196 Å². The minimum Gasteiger partial charge on any atom is -0.459 e. The summed E-state index contributed by atoms with van der Waals surface area (Å²) in [6.07, 6.45) is 1.09. The van der Waals surface area contributed by atoms with Gasteiger partial charge < -0.3 is 4.74 Å². The SMILES string of the molecule is CN(C)C1(NS(=O)(=O)c2ccc(Br)s2)NC(C(=O)OC(C)(C)C)CCc2ccccc21.